The van der Waals surface area contributed by atoms with Crippen molar-refractivity contribution in [2.24, 2.45) is 5.16 Å². The number of hydrogen-bond acceptors (Lipinski definition) is 5. The van der Waals surface area contributed by atoms with Crippen LogP contribution < -0.4 is 5.32 Å². The molecule has 0 aromatic rings. The molecule has 144 valence electrons. The van der Waals surface area contributed by atoms with Crippen LogP contribution in [0.15, 0.2) is 5.16 Å². The minimum atomic E-state index is -5.08. The predicted molar refractivity (Wildman–Crippen MR) is 84.2 cm³/mol. The third kappa shape index (κ3) is 6.52. The second-order valence-corrected chi connectivity index (χ2v) is 6.10. The second-order valence-electron chi connectivity index (χ2n) is 6.10. The number of carboxylic acids is 1. The molecule has 10 heteroatoms. The van der Waals surface area contributed by atoms with Gasteiger partial charge in [0.1, 0.15) is 5.71 Å². The predicted octanol–water partition coefficient (Wildman–Crippen LogP) is 1.78. The molecule has 0 aliphatic carbocycles. The molecule has 2 aliphatic rings. The number of alkyl halides is 3. The average Bonchev–Trinajstić information content (AvgIpc) is 2.95. The van der Waals surface area contributed by atoms with Gasteiger partial charge in [0.05, 0.1) is 0 Å². The number of unbranched alkanes of at least 4 members (excludes halogenated alkanes) is 1. The lowest BCUT2D eigenvalue weighted by Crippen LogP contribution is -2.49. The highest BCUT2D eigenvalue weighted by atomic mass is 19.4. The van der Waals surface area contributed by atoms with Crippen LogP contribution in [0.3, 0.4) is 0 Å². The number of likely N-dealkylation sites (tertiary alicyclic amines) is 1. The smallest absolute Gasteiger partial charge is 0.475 e. The van der Waals surface area contributed by atoms with Crippen molar-refractivity contribution in [1.82, 2.24) is 10.2 Å². The molecule has 0 saturated carbocycles. The summed E-state index contributed by atoms with van der Waals surface area (Å²) in [6.45, 7) is 5.37. The number of rotatable bonds is 4. The highest BCUT2D eigenvalue weighted by Gasteiger charge is 2.44. The average molecular weight is 367 g/mol. The number of carbonyl (C=O) groups is 2. The molecular weight excluding hydrogens is 343 g/mol. The first kappa shape index (κ1) is 21.2. The standard InChI is InChI=1S/C13H23N3O2.C2HF3O2/c1-3-4-7-16-8-5-6-13(10-16)9-11(15-18-13)12(17)14-2;3-2(4,5)1(6)7/h3-10H2,1-2H3,(H,14,17);(H,6,7). The first-order valence-corrected chi connectivity index (χ1v) is 8.13. The van der Waals surface area contributed by atoms with E-state index in [4.69, 9.17) is 14.7 Å². The quantitative estimate of drug-likeness (QED) is 0.790. The number of nitrogens with zero attached hydrogens (tertiary/aromatic N) is 2. The number of aliphatic carboxylic acids is 1. The van der Waals surface area contributed by atoms with Gasteiger partial charge >= 0.3 is 12.1 Å². The van der Waals surface area contributed by atoms with Crippen LogP contribution >= 0.6 is 0 Å². The van der Waals surface area contributed by atoms with Crippen molar-refractivity contribution in [2.45, 2.75) is 50.8 Å². The van der Waals surface area contributed by atoms with E-state index in [1.807, 2.05) is 0 Å². The molecule has 1 spiro atoms. The zero-order valence-electron chi connectivity index (χ0n) is 14.4. The lowest BCUT2D eigenvalue weighted by Gasteiger charge is -2.38. The summed E-state index contributed by atoms with van der Waals surface area (Å²) in [5.74, 6) is -2.87. The number of nitrogens with one attached hydrogen (secondary N) is 1. The Labute approximate surface area is 144 Å². The Morgan fingerprint density at radius 1 is 1.44 bits per heavy atom. The monoisotopic (exact) mass is 367 g/mol. The molecule has 2 aliphatic heterocycles. The zero-order chi connectivity index (χ0) is 19.1. The number of halogens is 3. The van der Waals surface area contributed by atoms with Crippen molar-refractivity contribution in [2.75, 3.05) is 26.7 Å². The molecule has 2 rings (SSSR count). The van der Waals surface area contributed by atoms with Crippen LogP contribution in [-0.2, 0) is 14.4 Å². The van der Waals surface area contributed by atoms with Gasteiger partial charge in [-0.1, -0.05) is 18.5 Å². The summed E-state index contributed by atoms with van der Waals surface area (Å²) in [6, 6.07) is 0. The van der Waals surface area contributed by atoms with Gasteiger partial charge in [-0.3, -0.25) is 9.69 Å². The number of amides is 1. The van der Waals surface area contributed by atoms with E-state index in [2.05, 4.69) is 22.3 Å². The summed E-state index contributed by atoms with van der Waals surface area (Å²) in [5, 5.41) is 13.7. The SMILES string of the molecule is CCCCN1CCCC2(CC(C(=O)NC)=NO2)C1.O=C(O)C(F)(F)F. The summed E-state index contributed by atoms with van der Waals surface area (Å²) in [5.41, 5.74) is 0.295. The van der Waals surface area contributed by atoms with E-state index in [-0.39, 0.29) is 11.5 Å². The van der Waals surface area contributed by atoms with Gasteiger partial charge in [-0.15, -0.1) is 0 Å². The molecule has 0 radical (unpaired) electrons. The first-order chi connectivity index (χ1) is 11.6. The van der Waals surface area contributed by atoms with Gasteiger partial charge in [0.25, 0.3) is 5.91 Å². The Morgan fingerprint density at radius 3 is 2.60 bits per heavy atom. The van der Waals surface area contributed by atoms with Crippen molar-refractivity contribution in [3.05, 3.63) is 0 Å². The summed E-state index contributed by atoms with van der Waals surface area (Å²) in [7, 11) is 1.63. The molecule has 1 fully saturated rings. The number of carboxylic acid groups (broad SMARTS) is 1. The summed E-state index contributed by atoms with van der Waals surface area (Å²) in [4.78, 5) is 28.5. The summed E-state index contributed by atoms with van der Waals surface area (Å²) in [6.07, 6.45) is 0.124. The molecule has 7 nitrogen and oxygen atoms in total. The summed E-state index contributed by atoms with van der Waals surface area (Å²) < 4.78 is 31.7. The minimum absolute atomic E-state index is 0.113. The van der Waals surface area contributed by atoms with Crippen molar-refractivity contribution in [1.29, 1.82) is 0 Å². The van der Waals surface area contributed by atoms with Gasteiger partial charge in [0.15, 0.2) is 5.60 Å². The van der Waals surface area contributed by atoms with E-state index < -0.39 is 12.1 Å². The van der Waals surface area contributed by atoms with E-state index >= 15 is 0 Å². The molecule has 0 bridgehead atoms. The van der Waals surface area contributed by atoms with Crippen LogP contribution in [0.25, 0.3) is 0 Å². The fourth-order valence-electron chi connectivity index (χ4n) is 2.77. The highest BCUT2D eigenvalue weighted by Crippen LogP contribution is 2.33. The molecule has 2 N–H and O–H groups in total. The van der Waals surface area contributed by atoms with Gasteiger partial charge in [0, 0.05) is 20.0 Å². The fourth-order valence-corrected chi connectivity index (χ4v) is 2.77. The van der Waals surface area contributed by atoms with Crippen LogP contribution in [0.4, 0.5) is 13.2 Å². The van der Waals surface area contributed by atoms with Crippen molar-refractivity contribution >= 4 is 17.6 Å². The third-order valence-electron chi connectivity index (χ3n) is 4.02. The van der Waals surface area contributed by atoms with Gasteiger partial charge in [-0.05, 0) is 32.4 Å². The first-order valence-electron chi connectivity index (χ1n) is 8.13. The normalized spacial score (nSPS) is 23.3. The molecular formula is C15H24F3N3O4. The van der Waals surface area contributed by atoms with E-state index in [9.17, 15) is 18.0 Å². The summed E-state index contributed by atoms with van der Waals surface area (Å²) >= 11 is 0. The lowest BCUT2D eigenvalue weighted by atomic mass is 9.88. The maximum atomic E-state index is 11.6. The second kappa shape index (κ2) is 9.02. The van der Waals surface area contributed by atoms with E-state index in [0.717, 1.165) is 32.5 Å². The maximum Gasteiger partial charge on any atom is 0.490 e. The Bertz CT molecular complexity index is 511. The van der Waals surface area contributed by atoms with E-state index in [1.54, 1.807) is 7.05 Å². The maximum absolute atomic E-state index is 11.6. The molecule has 0 aromatic heterocycles. The van der Waals surface area contributed by atoms with Crippen LogP contribution in [0.2, 0.25) is 0 Å². The number of carbonyl (C=O) groups excluding carboxylic acids is 1. The molecule has 1 unspecified atom stereocenters. The van der Waals surface area contributed by atoms with E-state index in [0.29, 0.717) is 12.1 Å². The molecule has 1 saturated heterocycles. The Kier molecular flexibility index (Phi) is 7.65. The van der Waals surface area contributed by atoms with Crippen molar-refractivity contribution in [3.63, 3.8) is 0 Å². The number of piperidine rings is 1. The molecule has 1 amide bonds. The van der Waals surface area contributed by atoms with Gasteiger partial charge in [-0.25, -0.2) is 4.79 Å². The zero-order valence-corrected chi connectivity index (χ0v) is 14.4. The molecule has 1 atom stereocenters. The van der Waals surface area contributed by atoms with E-state index in [1.165, 1.54) is 12.8 Å². The van der Waals surface area contributed by atoms with Crippen LogP contribution in [0.1, 0.15) is 39.0 Å². The molecule has 25 heavy (non-hydrogen) atoms. The largest absolute Gasteiger partial charge is 0.490 e. The molecule has 2 heterocycles. The Hall–Kier alpha value is -1.84. The minimum Gasteiger partial charge on any atom is -0.475 e. The highest BCUT2D eigenvalue weighted by molar-refractivity contribution is 6.39. The van der Waals surface area contributed by atoms with Gasteiger partial charge in [-0.2, -0.15) is 13.2 Å². The van der Waals surface area contributed by atoms with Crippen molar-refractivity contribution in [3.8, 4) is 0 Å². The van der Waals surface area contributed by atoms with Crippen LogP contribution in [0.5, 0.6) is 0 Å². The van der Waals surface area contributed by atoms with Crippen LogP contribution in [-0.4, -0.2) is 66.1 Å². The van der Waals surface area contributed by atoms with Gasteiger partial charge in [0.2, 0.25) is 0 Å². The van der Waals surface area contributed by atoms with Gasteiger partial charge < -0.3 is 15.3 Å². The Morgan fingerprint density at radius 2 is 2.08 bits per heavy atom. The Balaban J connectivity index is 0.000000381. The van der Waals surface area contributed by atoms with Crippen molar-refractivity contribution < 1.29 is 32.7 Å². The number of hydrogen-bond donors (Lipinski definition) is 2. The lowest BCUT2D eigenvalue weighted by molar-refractivity contribution is -0.192. The van der Waals surface area contributed by atoms with Crippen LogP contribution in [0, 0.1) is 0 Å². The third-order valence-corrected chi connectivity index (χ3v) is 4.02. The molecule has 0 aromatic carbocycles. The fraction of sp³-hybridized carbons (Fsp3) is 0.800. The number of oxime groups is 1. The topological polar surface area (TPSA) is 91.2 Å².